The van der Waals surface area contributed by atoms with E-state index in [2.05, 4.69) is 25.3 Å². The lowest BCUT2D eigenvalue weighted by molar-refractivity contribution is 0.348. The summed E-state index contributed by atoms with van der Waals surface area (Å²) in [5, 5.41) is 0. The Balaban J connectivity index is 1.92. The molecule has 1 aliphatic carbocycles. The van der Waals surface area contributed by atoms with Gasteiger partial charge in [0, 0.05) is 18.7 Å². The number of aromatic nitrogens is 2. The van der Waals surface area contributed by atoms with Crippen molar-refractivity contribution < 1.29 is 0 Å². The van der Waals surface area contributed by atoms with Crippen molar-refractivity contribution in [2.24, 2.45) is 5.92 Å². The third kappa shape index (κ3) is 7.62. The minimum Gasteiger partial charge on any atom is -0.331 e. The van der Waals surface area contributed by atoms with Crippen LogP contribution >= 0.6 is 0 Å². The third-order valence-corrected chi connectivity index (χ3v) is 6.50. The SMILES string of the molecule is CCCCCCCCC(CCCCCC)Cn1c(CC)nc2c1CCCC2. The highest BCUT2D eigenvalue weighted by Gasteiger charge is 2.21. The lowest BCUT2D eigenvalue weighted by Gasteiger charge is -2.22. The van der Waals surface area contributed by atoms with Crippen molar-refractivity contribution in [3.63, 3.8) is 0 Å². The van der Waals surface area contributed by atoms with E-state index >= 15 is 0 Å². The first-order valence-corrected chi connectivity index (χ1v) is 12.4. The van der Waals surface area contributed by atoms with E-state index in [0.717, 1.165) is 12.3 Å². The first kappa shape index (κ1) is 22.5. The molecule has 0 saturated carbocycles. The molecule has 2 heteroatoms. The molecule has 156 valence electrons. The molecule has 0 N–H and O–H groups in total. The second kappa shape index (κ2) is 13.4. The fourth-order valence-corrected chi connectivity index (χ4v) is 4.80. The van der Waals surface area contributed by atoms with Crippen molar-refractivity contribution in [1.29, 1.82) is 0 Å². The zero-order valence-electron chi connectivity index (χ0n) is 18.7. The first-order valence-electron chi connectivity index (χ1n) is 12.4. The number of fused-ring (bicyclic) bond motifs is 1. The van der Waals surface area contributed by atoms with Crippen molar-refractivity contribution in [3.05, 3.63) is 17.2 Å². The predicted octanol–water partition coefficient (Wildman–Crippen LogP) is 7.66. The van der Waals surface area contributed by atoms with Gasteiger partial charge < -0.3 is 4.57 Å². The molecule has 0 spiro atoms. The van der Waals surface area contributed by atoms with Crippen LogP contribution in [-0.2, 0) is 25.8 Å². The minimum absolute atomic E-state index is 0.860. The standard InChI is InChI=1S/C25H46N2/c1-4-7-9-11-12-14-18-22(17-13-10-8-5-2)21-27-24-20-16-15-19-23(24)26-25(27)6-3/h22H,4-21H2,1-3H3. The van der Waals surface area contributed by atoms with E-state index in [4.69, 9.17) is 4.98 Å². The smallest absolute Gasteiger partial charge is 0.108 e. The third-order valence-electron chi connectivity index (χ3n) is 6.50. The van der Waals surface area contributed by atoms with Crippen molar-refractivity contribution in [3.8, 4) is 0 Å². The quantitative estimate of drug-likeness (QED) is 0.288. The van der Waals surface area contributed by atoms with Crippen LogP contribution in [0.5, 0.6) is 0 Å². The monoisotopic (exact) mass is 374 g/mol. The normalized spacial score (nSPS) is 15.1. The van der Waals surface area contributed by atoms with Crippen LogP contribution in [0.15, 0.2) is 0 Å². The molecule has 0 aromatic carbocycles. The molecule has 0 aliphatic heterocycles. The van der Waals surface area contributed by atoms with Gasteiger partial charge in [0.25, 0.3) is 0 Å². The van der Waals surface area contributed by atoms with E-state index in [1.165, 1.54) is 121 Å². The average molecular weight is 375 g/mol. The van der Waals surface area contributed by atoms with Gasteiger partial charge in [-0.05, 0) is 44.4 Å². The summed E-state index contributed by atoms with van der Waals surface area (Å²) in [4.78, 5) is 5.03. The number of aryl methyl sites for hydroxylation is 2. The Morgan fingerprint density at radius 2 is 1.37 bits per heavy atom. The maximum absolute atomic E-state index is 5.03. The van der Waals surface area contributed by atoms with E-state index in [9.17, 15) is 0 Å². The second-order valence-corrected chi connectivity index (χ2v) is 8.86. The van der Waals surface area contributed by atoms with Crippen molar-refractivity contribution in [2.45, 2.75) is 136 Å². The van der Waals surface area contributed by atoms with Gasteiger partial charge in [-0.3, -0.25) is 0 Å². The summed E-state index contributed by atoms with van der Waals surface area (Å²) in [5.41, 5.74) is 3.03. The second-order valence-electron chi connectivity index (χ2n) is 8.86. The van der Waals surface area contributed by atoms with Crippen molar-refractivity contribution in [2.75, 3.05) is 0 Å². The Hall–Kier alpha value is -0.790. The molecular formula is C25H46N2. The molecule has 0 fully saturated rings. The van der Waals surface area contributed by atoms with Crippen LogP contribution in [0.3, 0.4) is 0 Å². The van der Waals surface area contributed by atoms with Crippen LogP contribution in [-0.4, -0.2) is 9.55 Å². The van der Waals surface area contributed by atoms with E-state index in [-0.39, 0.29) is 0 Å². The maximum atomic E-state index is 5.03. The highest BCUT2D eigenvalue weighted by Crippen LogP contribution is 2.27. The molecule has 1 atom stereocenters. The lowest BCUT2D eigenvalue weighted by atomic mass is 9.93. The molecule has 0 radical (unpaired) electrons. The summed E-state index contributed by atoms with van der Waals surface area (Å²) < 4.78 is 2.66. The van der Waals surface area contributed by atoms with Crippen molar-refractivity contribution >= 4 is 0 Å². The number of imidazole rings is 1. The van der Waals surface area contributed by atoms with E-state index in [1.54, 1.807) is 5.69 Å². The van der Waals surface area contributed by atoms with Gasteiger partial charge in [0.2, 0.25) is 0 Å². The van der Waals surface area contributed by atoms with Crippen LogP contribution < -0.4 is 0 Å². The molecular weight excluding hydrogens is 328 g/mol. The van der Waals surface area contributed by atoms with Crippen LogP contribution in [0.2, 0.25) is 0 Å². The Bertz CT molecular complexity index is 503. The highest BCUT2D eigenvalue weighted by molar-refractivity contribution is 5.20. The maximum Gasteiger partial charge on any atom is 0.108 e. The number of unbranched alkanes of at least 4 members (excludes halogenated alkanes) is 8. The van der Waals surface area contributed by atoms with Crippen LogP contribution in [0, 0.1) is 5.92 Å². The van der Waals surface area contributed by atoms with E-state index < -0.39 is 0 Å². The summed E-state index contributed by atoms with van der Waals surface area (Å²) >= 11 is 0. The minimum atomic E-state index is 0.860. The fourth-order valence-electron chi connectivity index (χ4n) is 4.80. The van der Waals surface area contributed by atoms with Gasteiger partial charge in [-0.25, -0.2) is 4.98 Å². The first-order chi connectivity index (χ1) is 13.3. The molecule has 1 unspecified atom stereocenters. The van der Waals surface area contributed by atoms with Gasteiger partial charge in [-0.2, -0.15) is 0 Å². The average Bonchev–Trinajstić information content (AvgIpc) is 3.05. The molecule has 1 aromatic heterocycles. The lowest BCUT2D eigenvalue weighted by Crippen LogP contribution is -2.17. The number of hydrogen-bond acceptors (Lipinski definition) is 1. The van der Waals surface area contributed by atoms with E-state index in [0.29, 0.717) is 0 Å². The molecule has 2 nitrogen and oxygen atoms in total. The van der Waals surface area contributed by atoms with Crippen molar-refractivity contribution in [1.82, 2.24) is 9.55 Å². The summed E-state index contributed by atoms with van der Waals surface area (Å²) in [5.74, 6) is 2.22. The Morgan fingerprint density at radius 3 is 2.04 bits per heavy atom. The van der Waals surface area contributed by atoms with Gasteiger partial charge in [-0.1, -0.05) is 85.0 Å². The molecule has 1 aliphatic rings. The molecule has 0 amide bonds. The molecule has 27 heavy (non-hydrogen) atoms. The van der Waals surface area contributed by atoms with Gasteiger partial charge in [0.05, 0.1) is 5.69 Å². The zero-order valence-corrected chi connectivity index (χ0v) is 18.7. The Labute approximate surface area is 169 Å². The van der Waals surface area contributed by atoms with Gasteiger partial charge in [0.15, 0.2) is 0 Å². The number of hydrogen-bond donors (Lipinski definition) is 0. The predicted molar refractivity (Wildman–Crippen MR) is 118 cm³/mol. The summed E-state index contributed by atoms with van der Waals surface area (Å²) in [6.07, 6.45) is 23.2. The van der Waals surface area contributed by atoms with Crippen LogP contribution in [0.4, 0.5) is 0 Å². The Kier molecular flexibility index (Phi) is 11.2. The summed E-state index contributed by atoms with van der Waals surface area (Å²) in [6, 6.07) is 0. The van der Waals surface area contributed by atoms with Crippen LogP contribution in [0.1, 0.15) is 128 Å². The Morgan fingerprint density at radius 1 is 0.778 bits per heavy atom. The summed E-state index contributed by atoms with van der Waals surface area (Å²) in [6.45, 7) is 8.16. The number of rotatable bonds is 15. The zero-order chi connectivity index (χ0) is 19.3. The summed E-state index contributed by atoms with van der Waals surface area (Å²) in [7, 11) is 0. The van der Waals surface area contributed by atoms with Crippen LogP contribution in [0.25, 0.3) is 0 Å². The number of nitrogens with zero attached hydrogens (tertiary/aromatic N) is 2. The largest absolute Gasteiger partial charge is 0.331 e. The molecule has 2 rings (SSSR count). The molecule has 0 bridgehead atoms. The molecule has 0 saturated heterocycles. The van der Waals surface area contributed by atoms with Gasteiger partial charge >= 0.3 is 0 Å². The van der Waals surface area contributed by atoms with Gasteiger partial charge in [0.1, 0.15) is 5.82 Å². The van der Waals surface area contributed by atoms with Gasteiger partial charge in [-0.15, -0.1) is 0 Å². The fraction of sp³-hybridized carbons (Fsp3) is 0.880. The molecule has 1 aromatic rings. The topological polar surface area (TPSA) is 17.8 Å². The van der Waals surface area contributed by atoms with E-state index in [1.807, 2.05) is 0 Å². The highest BCUT2D eigenvalue weighted by atomic mass is 15.1. The molecule has 1 heterocycles.